The lowest BCUT2D eigenvalue weighted by molar-refractivity contribution is -0.120. The number of sulfone groups is 1. The van der Waals surface area contributed by atoms with Crippen LogP contribution in [0.3, 0.4) is 0 Å². The molecule has 0 aromatic carbocycles. The van der Waals surface area contributed by atoms with E-state index in [9.17, 15) is 13.2 Å². The zero-order valence-electron chi connectivity index (χ0n) is 11.2. The van der Waals surface area contributed by atoms with E-state index in [1.54, 1.807) is 0 Å². The van der Waals surface area contributed by atoms with E-state index in [2.05, 4.69) is 17.6 Å². The molecule has 18 heavy (non-hydrogen) atoms. The molecule has 2 atom stereocenters. The maximum absolute atomic E-state index is 11.5. The molecular formula is C12H24N2O3S. The summed E-state index contributed by atoms with van der Waals surface area (Å²) in [7, 11) is -2.81. The molecule has 1 heterocycles. The molecule has 1 rings (SSSR count). The zero-order valence-corrected chi connectivity index (χ0v) is 12.1. The first-order chi connectivity index (χ1) is 8.43. The summed E-state index contributed by atoms with van der Waals surface area (Å²) in [6.07, 6.45) is 2.74. The molecule has 0 saturated carbocycles. The van der Waals surface area contributed by atoms with Gasteiger partial charge in [0.15, 0.2) is 9.84 Å². The van der Waals surface area contributed by atoms with Crippen molar-refractivity contribution in [2.45, 2.75) is 39.2 Å². The molecule has 1 fully saturated rings. The molecule has 0 radical (unpaired) electrons. The molecule has 2 N–H and O–H groups in total. The van der Waals surface area contributed by atoms with Crippen LogP contribution in [0.15, 0.2) is 0 Å². The molecule has 5 nitrogen and oxygen atoms in total. The molecule has 0 spiro atoms. The lowest BCUT2D eigenvalue weighted by atomic mass is 10.1. The van der Waals surface area contributed by atoms with Crippen molar-refractivity contribution in [1.29, 1.82) is 0 Å². The van der Waals surface area contributed by atoms with Crippen LogP contribution in [0.5, 0.6) is 0 Å². The highest BCUT2D eigenvalue weighted by atomic mass is 32.2. The maximum atomic E-state index is 11.5. The summed E-state index contributed by atoms with van der Waals surface area (Å²) < 4.78 is 22.5. The summed E-state index contributed by atoms with van der Waals surface area (Å²) in [5.74, 6) is 0.695. The summed E-state index contributed by atoms with van der Waals surface area (Å²) >= 11 is 0. The number of amides is 1. The number of nitrogens with one attached hydrogen (secondary N) is 2. The zero-order chi connectivity index (χ0) is 13.6. The lowest BCUT2D eigenvalue weighted by Crippen LogP contribution is -2.40. The first-order valence-electron chi connectivity index (χ1n) is 6.63. The van der Waals surface area contributed by atoms with Crippen molar-refractivity contribution in [3.63, 3.8) is 0 Å². The Labute approximate surface area is 110 Å². The van der Waals surface area contributed by atoms with Gasteiger partial charge in [0.1, 0.15) is 0 Å². The van der Waals surface area contributed by atoms with E-state index in [0.29, 0.717) is 18.7 Å². The van der Waals surface area contributed by atoms with Crippen LogP contribution in [0.2, 0.25) is 0 Å². The van der Waals surface area contributed by atoms with Crippen molar-refractivity contribution in [1.82, 2.24) is 10.6 Å². The van der Waals surface area contributed by atoms with Crippen LogP contribution < -0.4 is 10.6 Å². The van der Waals surface area contributed by atoms with Gasteiger partial charge in [0.2, 0.25) is 5.91 Å². The Hall–Kier alpha value is -0.620. The summed E-state index contributed by atoms with van der Waals surface area (Å²) in [4.78, 5) is 11.5. The number of carbonyl (C=O) groups excluding carboxylic acids is 1. The largest absolute Gasteiger partial charge is 0.353 e. The summed E-state index contributed by atoms with van der Waals surface area (Å²) in [6, 6.07) is 0.205. The van der Waals surface area contributed by atoms with E-state index in [1.165, 1.54) is 0 Å². The van der Waals surface area contributed by atoms with E-state index in [1.807, 2.05) is 6.92 Å². The number of carbonyl (C=O) groups is 1. The third-order valence-corrected chi connectivity index (χ3v) is 5.01. The molecule has 0 bridgehead atoms. The summed E-state index contributed by atoms with van der Waals surface area (Å²) in [5, 5.41) is 5.94. The fourth-order valence-electron chi connectivity index (χ4n) is 2.25. The third kappa shape index (κ3) is 5.82. The quantitative estimate of drug-likeness (QED) is 0.702. The van der Waals surface area contributed by atoms with Crippen molar-refractivity contribution >= 4 is 15.7 Å². The molecular weight excluding hydrogens is 252 g/mol. The van der Waals surface area contributed by atoms with Crippen molar-refractivity contribution in [2.75, 3.05) is 24.6 Å². The maximum Gasteiger partial charge on any atom is 0.234 e. The summed E-state index contributed by atoms with van der Waals surface area (Å²) in [5.41, 5.74) is 0. The molecule has 0 aromatic rings. The van der Waals surface area contributed by atoms with Crippen LogP contribution in [0, 0.1) is 5.92 Å². The highest BCUT2D eigenvalue weighted by Crippen LogP contribution is 2.17. The standard InChI is InChI=1S/C12H24N2O3S/c1-3-4-10(2)14-12(15)8-13-7-11-5-6-18(16,17)9-11/h10-11,13H,3-9H2,1-2H3,(H,14,15). The van der Waals surface area contributed by atoms with Crippen LogP contribution in [0.4, 0.5) is 0 Å². The molecule has 106 valence electrons. The minimum atomic E-state index is -2.81. The van der Waals surface area contributed by atoms with E-state index < -0.39 is 9.84 Å². The highest BCUT2D eigenvalue weighted by molar-refractivity contribution is 7.91. The van der Waals surface area contributed by atoms with Crippen LogP contribution in [0.25, 0.3) is 0 Å². The number of rotatable bonds is 7. The Bertz CT molecular complexity index is 368. The predicted molar refractivity (Wildman–Crippen MR) is 72.1 cm³/mol. The van der Waals surface area contributed by atoms with Crippen molar-refractivity contribution in [3.05, 3.63) is 0 Å². The predicted octanol–water partition coefficient (Wildman–Crippen LogP) is 0.316. The van der Waals surface area contributed by atoms with Gasteiger partial charge in [-0.2, -0.15) is 0 Å². The van der Waals surface area contributed by atoms with Crippen molar-refractivity contribution in [3.8, 4) is 0 Å². The minimum Gasteiger partial charge on any atom is -0.353 e. The third-order valence-electron chi connectivity index (χ3n) is 3.17. The number of hydrogen-bond acceptors (Lipinski definition) is 4. The highest BCUT2D eigenvalue weighted by Gasteiger charge is 2.27. The van der Waals surface area contributed by atoms with E-state index >= 15 is 0 Å². The van der Waals surface area contributed by atoms with Gasteiger partial charge in [0.25, 0.3) is 0 Å². The van der Waals surface area contributed by atoms with Gasteiger partial charge in [-0.25, -0.2) is 8.42 Å². The van der Waals surface area contributed by atoms with Gasteiger partial charge in [-0.1, -0.05) is 13.3 Å². The van der Waals surface area contributed by atoms with Gasteiger partial charge in [-0.15, -0.1) is 0 Å². The average Bonchev–Trinajstić information content (AvgIpc) is 2.58. The van der Waals surface area contributed by atoms with E-state index in [0.717, 1.165) is 12.8 Å². The first kappa shape index (κ1) is 15.4. The smallest absolute Gasteiger partial charge is 0.234 e. The molecule has 2 unspecified atom stereocenters. The minimum absolute atomic E-state index is 0.0168. The van der Waals surface area contributed by atoms with E-state index in [4.69, 9.17) is 0 Å². The lowest BCUT2D eigenvalue weighted by Gasteiger charge is -2.14. The van der Waals surface area contributed by atoms with Gasteiger partial charge in [0.05, 0.1) is 18.1 Å². The first-order valence-corrected chi connectivity index (χ1v) is 8.45. The SMILES string of the molecule is CCCC(C)NC(=O)CNCC1CCS(=O)(=O)C1. The van der Waals surface area contributed by atoms with Gasteiger partial charge in [-0.05, 0) is 32.2 Å². The second kappa shape index (κ2) is 7.09. The van der Waals surface area contributed by atoms with Gasteiger partial charge in [-0.3, -0.25) is 4.79 Å². The van der Waals surface area contributed by atoms with Gasteiger partial charge in [0, 0.05) is 6.04 Å². The monoisotopic (exact) mass is 276 g/mol. The Morgan fingerprint density at radius 2 is 2.17 bits per heavy atom. The Balaban J connectivity index is 2.13. The Kier molecular flexibility index (Phi) is 6.08. The molecule has 0 aliphatic carbocycles. The van der Waals surface area contributed by atoms with Crippen LogP contribution >= 0.6 is 0 Å². The van der Waals surface area contributed by atoms with Crippen LogP contribution in [-0.2, 0) is 14.6 Å². The molecule has 1 aliphatic heterocycles. The molecule has 1 saturated heterocycles. The van der Waals surface area contributed by atoms with Gasteiger partial charge >= 0.3 is 0 Å². The number of hydrogen-bond donors (Lipinski definition) is 2. The molecule has 1 aliphatic rings. The topological polar surface area (TPSA) is 75.3 Å². The second-order valence-electron chi connectivity index (χ2n) is 5.16. The fourth-order valence-corrected chi connectivity index (χ4v) is 4.12. The van der Waals surface area contributed by atoms with Crippen molar-refractivity contribution in [2.24, 2.45) is 5.92 Å². The Morgan fingerprint density at radius 3 is 2.72 bits per heavy atom. The molecule has 6 heteroatoms. The summed E-state index contributed by atoms with van der Waals surface area (Å²) in [6.45, 7) is 4.95. The van der Waals surface area contributed by atoms with Gasteiger partial charge < -0.3 is 10.6 Å². The second-order valence-corrected chi connectivity index (χ2v) is 7.39. The van der Waals surface area contributed by atoms with E-state index in [-0.39, 0.29) is 30.2 Å². The van der Waals surface area contributed by atoms with Crippen LogP contribution in [-0.4, -0.2) is 45.0 Å². The average molecular weight is 276 g/mol. The normalized spacial score (nSPS) is 23.8. The molecule has 1 amide bonds. The Morgan fingerprint density at radius 1 is 1.44 bits per heavy atom. The van der Waals surface area contributed by atoms with Crippen molar-refractivity contribution < 1.29 is 13.2 Å². The molecule has 0 aromatic heterocycles. The fraction of sp³-hybridized carbons (Fsp3) is 0.917. The van der Waals surface area contributed by atoms with Crippen LogP contribution in [0.1, 0.15) is 33.1 Å².